The topological polar surface area (TPSA) is 73.9 Å². The molecule has 0 unspecified atom stereocenters. The van der Waals surface area contributed by atoms with E-state index in [0.717, 1.165) is 17.8 Å². The quantitative estimate of drug-likeness (QED) is 0.924. The van der Waals surface area contributed by atoms with E-state index in [0.29, 0.717) is 23.3 Å². The van der Waals surface area contributed by atoms with Crippen LogP contribution in [0.25, 0.3) is 0 Å². The van der Waals surface area contributed by atoms with E-state index in [4.69, 9.17) is 10.5 Å². The molecular weight excluding hydrogens is 252 g/mol. The van der Waals surface area contributed by atoms with Gasteiger partial charge in [-0.15, -0.1) is 0 Å². The molecule has 0 aromatic carbocycles. The molecule has 0 aliphatic rings. The number of nitrogen functional groups attached to an aromatic ring is 1. The highest BCUT2D eigenvalue weighted by Crippen LogP contribution is 2.25. The smallest absolute Gasteiger partial charge is 0.224 e. The summed E-state index contributed by atoms with van der Waals surface area (Å²) in [6.45, 7) is 8.04. The highest BCUT2D eigenvalue weighted by molar-refractivity contribution is 5.38. The van der Waals surface area contributed by atoms with Crippen molar-refractivity contribution in [3.63, 3.8) is 0 Å². The molecule has 0 spiro atoms. The van der Waals surface area contributed by atoms with Gasteiger partial charge >= 0.3 is 0 Å². The summed E-state index contributed by atoms with van der Waals surface area (Å²) >= 11 is 0. The van der Waals surface area contributed by atoms with Crippen LogP contribution in [0.5, 0.6) is 11.6 Å². The van der Waals surface area contributed by atoms with Crippen LogP contribution in [0.4, 0.5) is 5.82 Å². The fourth-order valence-electron chi connectivity index (χ4n) is 1.83. The Morgan fingerprint density at radius 1 is 1.20 bits per heavy atom. The van der Waals surface area contributed by atoms with Crippen molar-refractivity contribution in [2.45, 2.75) is 40.0 Å². The molecule has 0 radical (unpaired) electrons. The molecule has 0 aliphatic carbocycles. The Labute approximate surface area is 119 Å². The van der Waals surface area contributed by atoms with E-state index in [1.165, 1.54) is 0 Å². The first-order valence-electron chi connectivity index (χ1n) is 6.78. The third kappa shape index (κ3) is 3.23. The molecule has 0 saturated heterocycles. The van der Waals surface area contributed by atoms with Crippen molar-refractivity contribution in [2.24, 2.45) is 0 Å². The second kappa shape index (κ2) is 5.86. The number of hydrogen-bond donors (Lipinski definition) is 1. The fraction of sp³-hybridized carbons (Fsp3) is 0.400. The molecule has 0 fully saturated rings. The molecule has 0 saturated carbocycles. The largest absolute Gasteiger partial charge is 0.437 e. The van der Waals surface area contributed by atoms with E-state index in [2.05, 4.69) is 15.0 Å². The molecule has 2 heterocycles. The number of nitrogens with zero attached hydrogens (tertiary/aromatic N) is 3. The molecule has 0 amide bonds. The van der Waals surface area contributed by atoms with Gasteiger partial charge in [0.2, 0.25) is 5.88 Å². The Morgan fingerprint density at radius 3 is 2.60 bits per heavy atom. The predicted octanol–water partition coefficient (Wildman–Crippen LogP) is 3.24. The summed E-state index contributed by atoms with van der Waals surface area (Å²) in [6.07, 6.45) is 0.800. The zero-order chi connectivity index (χ0) is 14.7. The molecule has 0 atom stereocenters. The number of rotatable bonds is 4. The average Bonchev–Trinajstić information content (AvgIpc) is 2.40. The third-order valence-corrected chi connectivity index (χ3v) is 2.88. The molecule has 2 rings (SSSR count). The van der Waals surface area contributed by atoms with Crippen molar-refractivity contribution < 1.29 is 4.74 Å². The van der Waals surface area contributed by atoms with Crippen LogP contribution < -0.4 is 10.5 Å². The van der Waals surface area contributed by atoms with Gasteiger partial charge in [0.15, 0.2) is 5.75 Å². The summed E-state index contributed by atoms with van der Waals surface area (Å²) in [5.74, 6) is 2.46. The third-order valence-electron chi connectivity index (χ3n) is 2.88. The highest BCUT2D eigenvalue weighted by Gasteiger charge is 2.10. The van der Waals surface area contributed by atoms with Crippen molar-refractivity contribution in [1.82, 2.24) is 15.0 Å². The van der Waals surface area contributed by atoms with Crippen LogP contribution >= 0.6 is 0 Å². The fourth-order valence-corrected chi connectivity index (χ4v) is 1.83. The number of hydrogen-bond acceptors (Lipinski definition) is 5. The molecule has 2 aromatic heterocycles. The lowest BCUT2D eigenvalue weighted by Gasteiger charge is -2.11. The van der Waals surface area contributed by atoms with Gasteiger partial charge in [-0.05, 0) is 25.5 Å². The van der Waals surface area contributed by atoms with Gasteiger partial charge in [0, 0.05) is 17.7 Å². The van der Waals surface area contributed by atoms with Crippen LogP contribution in [0.3, 0.4) is 0 Å². The molecule has 2 aromatic rings. The first-order chi connectivity index (χ1) is 9.49. The summed E-state index contributed by atoms with van der Waals surface area (Å²) < 4.78 is 5.83. The van der Waals surface area contributed by atoms with E-state index in [1.807, 2.05) is 39.8 Å². The van der Waals surface area contributed by atoms with Crippen LogP contribution in [0.2, 0.25) is 0 Å². The van der Waals surface area contributed by atoms with E-state index < -0.39 is 0 Å². The van der Waals surface area contributed by atoms with Gasteiger partial charge in [0.1, 0.15) is 11.6 Å². The Hall–Kier alpha value is -2.17. The summed E-state index contributed by atoms with van der Waals surface area (Å²) in [7, 11) is 0. The second-order valence-electron chi connectivity index (χ2n) is 5.00. The van der Waals surface area contributed by atoms with Crippen LogP contribution in [0.15, 0.2) is 18.2 Å². The van der Waals surface area contributed by atoms with Crippen LogP contribution in [-0.2, 0) is 6.42 Å². The molecule has 0 aliphatic heterocycles. The van der Waals surface area contributed by atoms with Gasteiger partial charge in [-0.2, -0.15) is 4.98 Å². The molecule has 5 nitrogen and oxygen atoms in total. The van der Waals surface area contributed by atoms with Gasteiger partial charge < -0.3 is 10.5 Å². The Balaban J connectivity index is 2.34. The predicted molar refractivity (Wildman–Crippen MR) is 79.0 cm³/mol. The average molecular weight is 272 g/mol. The minimum Gasteiger partial charge on any atom is -0.437 e. The van der Waals surface area contributed by atoms with Crippen LogP contribution in [0, 0.1) is 6.92 Å². The SMILES string of the molecule is CCc1nc(C)ccc1Oc1cc(N)nc(C(C)C)n1. The number of pyridine rings is 1. The number of ether oxygens (including phenoxy) is 1. The maximum atomic E-state index is 5.83. The normalized spacial score (nSPS) is 10.8. The van der Waals surface area contributed by atoms with E-state index >= 15 is 0 Å². The molecule has 2 N–H and O–H groups in total. The second-order valence-corrected chi connectivity index (χ2v) is 5.00. The summed E-state index contributed by atoms with van der Waals surface area (Å²) in [5.41, 5.74) is 7.68. The van der Waals surface area contributed by atoms with Gasteiger partial charge in [-0.1, -0.05) is 20.8 Å². The Morgan fingerprint density at radius 2 is 1.95 bits per heavy atom. The zero-order valence-corrected chi connectivity index (χ0v) is 12.3. The number of anilines is 1. The van der Waals surface area contributed by atoms with Crippen molar-refractivity contribution in [2.75, 3.05) is 5.73 Å². The van der Waals surface area contributed by atoms with Crippen LogP contribution in [0.1, 0.15) is 43.9 Å². The van der Waals surface area contributed by atoms with Gasteiger partial charge in [-0.25, -0.2) is 4.98 Å². The van der Waals surface area contributed by atoms with Gasteiger partial charge in [-0.3, -0.25) is 4.98 Å². The number of nitrogens with two attached hydrogens (primary N) is 1. The van der Waals surface area contributed by atoms with Gasteiger partial charge in [0.25, 0.3) is 0 Å². The molecule has 0 bridgehead atoms. The Bertz CT molecular complexity index is 611. The lowest BCUT2D eigenvalue weighted by molar-refractivity contribution is 0.449. The van der Waals surface area contributed by atoms with Gasteiger partial charge in [0.05, 0.1) is 5.69 Å². The molecule has 5 heteroatoms. The van der Waals surface area contributed by atoms with E-state index in [-0.39, 0.29) is 5.92 Å². The lowest BCUT2D eigenvalue weighted by atomic mass is 10.2. The number of aromatic nitrogens is 3. The van der Waals surface area contributed by atoms with E-state index in [9.17, 15) is 0 Å². The summed E-state index contributed by atoms with van der Waals surface area (Å²) in [6, 6.07) is 5.46. The first kappa shape index (κ1) is 14.2. The molecular formula is C15H20N4O. The van der Waals surface area contributed by atoms with Crippen molar-refractivity contribution in [3.05, 3.63) is 35.4 Å². The minimum atomic E-state index is 0.197. The maximum Gasteiger partial charge on any atom is 0.224 e. The summed E-state index contributed by atoms with van der Waals surface area (Å²) in [5, 5.41) is 0. The Kier molecular flexibility index (Phi) is 4.17. The minimum absolute atomic E-state index is 0.197. The van der Waals surface area contributed by atoms with Crippen molar-refractivity contribution >= 4 is 5.82 Å². The monoisotopic (exact) mass is 272 g/mol. The van der Waals surface area contributed by atoms with E-state index in [1.54, 1.807) is 6.07 Å². The van der Waals surface area contributed by atoms with Crippen molar-refractivity contribution in [3.8, 4) is 11.6 Å². The van der Waals surface area contributed by atoms with Crippen LogP contribution in [-0.4, -0.2) is 15.0 Å². The van der Waals surface area contributed by atoms with Crippen molar-refractivity contribution in [1.29, 1.82) is 0 Å². The number of aryl methyl sites for hydroxylation is 2. The summed E-state index contributed by atoms with van der Waals surface area (Å²) in [4.78, 5) is 13.1. The molecule has 106 valence electrons. The highest BCUT2D eigenvalue weighted by atomic mass is 16.5. The standard InChI is InChI=1S/C15H20N4O/c1-5-11-12(7-6-10(4)17-11)20-14-8-13(16)18-15(19-14)9(2)3/h6-9H,5H2,1-4H3,(H2,16,18,19). The molecule has 20 heavy (non-hydrogen) atoms. The first-order valence-corrected chi connectivity index (χ1v) is 6.78. The maximum absolute atomic E-state index is 5.83. The lowest BCUT2D eigenvalue weighted by Crippen LogP contribution is -2.04. The zero-order valence-electron chi connectivity index (χ0n) is 12.3.